The van der Waals surface area contributed by atoms with Crippen molar-refractivity contribution in [2.24, 2.45) is 0 Å². The summed E-state index contributed by atoms with van der Waals surface area (Å²) in [6.45, 7) is 0. The summed E-state index contributed by atoms with van der Waals surface area (Å²) in [5, 5.41) is 7.01. The van der Waals surface area contributed by atoms with Gasteiger partial charge in [0.25, 0.3) is 0 Å². The van der Waals surface area contributed by atoms with Crippen molar-refractivity contribution in [1.29, 1.82) is 0 Å². The van der Waals surface area contributed by atoms with Crippen LogP contribution in [0.4, 0.5) is 0 Å². The average Bonchev–Trinajstić information content (AvgIpc) is 1.53. The third kappa shape index (κ3) is 11.5. The van der Waals surface area contributed by atoms with Crippen molar-refractivity contribution in [3.63, 3.8) is 0 Å². The van der Waals surface area contributed by atoms with Crippen LogP contribution in [0.5, 0.6) is 0 Å². The molecule has 0 radical (unpaired) electrons. The predicted molar refractivity (Wildman–Crippen MR) is 513 cm³/mol. The molecule has 22 aromatic rings. The molecule has 582 valence electrons. The van der Waals surface area contributed by atoms with Crippen LogP contribution in [0.15, 0.2) is 451 Å². The largest absolute Gasteiger partial charge is 0.292 e. The summed E-state index contributed by atoms with van der Waals surface area (Å²) in [5.74, 6) is 0.923. The summed E-state index contributed by atoms with van der Waals surface area (Å²) in [4.78, 5) is 35.6. The number of nitrogens with zero attached hydrogens (tertiary/aromatic N) is 7. The molecule has 0 bridgehead atoms. The van der Waals surface area contributed by atoms with E-state index in [0.29, 0.717) is 0 Å². The van der Waals surface area contributed by atoms with E-state index in [2.05, 4.69) is 397 Å². The number of hydrogen-bond donors (Lipinski definition) is 0. The Balaban J connectivity index is 0.000000137. The lowest BCUT2D eigenvalue weighted by Gasteiger charge is -2.39. The Bertz CT molecular complexity index is 7990. The zero-order chi connectivity index (χ0) is 82.3. The Labute approximate surface area is 730 Å². The summed E-state index contributed by atoms with van der Waals surface area (Å²) in [6.07, 6.45) is 3.61. The molecule has 0 unspecified atom stereocenters. The zero-order valence-corrected chi connectivity index (χ0v) is 69.1. The number of pyridine rings is 5. The molecule has 0 atom stereocenters. The molecule has 0 N–H and O–H groups in total. The molecule has 2 aliphatic carbocycles. The molecule has 6 aromatic heterocycles. The van der Waals surface area contributed by atoms with Gasteiger partial charge in [0.15, 0.2) is 0 Å². The van der Waals surface area contributed by atoms with Crippen molar-refractivity contribution in [1.82, 2.24) is 34.5 Å². The molecule has 8 heterocycles. The normalized spacial score (nSPS) is 13.2. The Kier molecular flexibility index (Phi) is 16.8. The maximum atomic E-state index is 5.54. The van der Waals surface area contributed by atoms with Gasteiger partial charge in [0.1, 0.15) is 5.82 Å². The second kappa shape index (κ2) is 29.1. The van der Waals surface area contributed by atoms with Gasteiger partial charge in [-0.1, -0.05) is 321 Å². The van der Waals surface area contributed by atoms with Gasteiger partial charge in [0.05, 0.1) is 67.1 Å². The highest BCUT2D eigenvalue weighted by Gasteiger charge is 2.52. The first-order valence-electron chi connectivity index (χ1n) is 42.4. The summed E-state index contributed by atoms with van der Waals surface area (Å²) in [6, 6.07) is 152. The van der Waals surface area contributed by atoms with Gasteiger partial charge in [-0.05, 0) is 232 Å². The van der Waals surface area contributed by atoms with Crippen molar-refractivity contribution in [3.05, 3.63) is 475 Å². The molecule has 0 saturated carbocycles. The van der Waals surface area contributed by atoms with Crippen LogP contribution < -0.4 is 0 Å². The van der Waals surface area contributed by atoms with E-state index in [9.17, 15) is 0 Å². The van der Waals surface area contributed by atoms with Gasteiger partial charge in [0, 0.05) is 75.9 Å². The van der Waals surface area contributed by atoms with Gasteiger partial charge in [-0.3, -0.25) is 14.5 Å². The van der Waals surface area contributed by atoms with E-state index in [-0.39, 0.29) is 0 Å². The SMILES string of the molecule is c1ccc(-c2nc3cc(-c4ccc(-c5cc(-c6ccccn6)nc(-c6ccccn6)c5)cc4)ccc3c3cc4c(cc23)-c2ccccc2C42c3ccccc3Sc3ccccc32)cc1.c1ccc(-c2nc3cc(-c4ccc(-c5nc6ccccc6n5-c5ccccc5)cc4)ccc3c3cc4c(cc23)-c2ccccc2C42c3ccccc3Sc3ccccc32)cc1. The topological polar surface area (TPSA) is 82.3 Å². The van der Waals surface area contributed by atoms with Gasteiger partial charge in [-0.2, -0.15) is 0 Å². The number of hydrogen-bond acceptors (Lipinski definition) is 8. The van der Waals surface area contributed by atoms with Crippen LogP contribution in [0.3, 0.4) is 0 Å². The molecular formula is C116H71N7S2. The molecule has 7 nitrogen and oxygen atoms in total. The smallest absolute Gasteiger partial charge is 0.145 e. The maximum Gasteiger partial charge on any atom is 0.145 e. The molecular weight excluding hydrogens is 1560 g/mol. The number of fused-ring (bicyclic) bond motifs is 25. The molecule has 125 heavy (non-hydrogen) atoms. The van der Waals surface area contributed by atoms with Crippen LogP contribution in [0.1, 0.15) is 44.5 Å². The fraction of sp³-hybridized carbons (Fsp3) is 0.0172. The molecule has 4 aliphatic rings. The molecule has 0 saturated heterocycles. The summed E-state index contributed by atoms with van der Waals surface area (Å²) >= 11 is 3.76. The second-order valence-electron chi connectivity index (χ2n) is 32.6. The van der Waals surface area contributed by atoms with Crippen LogP contribution >= 0.6 is 23.5 Å². The summed E-state index contributed by atoms with van der Waals surface area (Å²) in [7, 11) is 0. The van der Waals surface area contributed by atoms with Crippen LogP contribution in [0.25, 0.3) is 172 Å². The van der Waals surface area contributed by atoms with Gasteiger partial charge < -0.3 is 0 Å². The Morgan fingerprint density at radius 1 is 0.208 bits per heavy atom. The molecule has 16 aromatic carbocycles. The first-order valence-corrected chi connectivity index (χ1v) is 44.1. The number of para-hydroxylation sites is 3. The van der Waals surface area contributed by atoms with Crippen molar-refractivity contribution >= 4 is 77.9 Å². The van der Waals surface area contributed by atoms with E-state index in [1.807, 2.05) is 59.9 Å². The van der Waals surface area contributed by atoms with Gasteiger partial charge in [0.2, 0.25) is 0 Å². The van der Waals surface area contributed by atoms with Crippen LogP contribution in [0, 0.1) is 0 Å². The first-order chi connectivity index (χ1) is 61.9. The van der Waals surface area contributed by atoms with Crippen LogP contribution in [-0.4, -0.2) is 34.5 Å². The Hall–Kier alpha value is -15.5. The first kappa shape index (κ1) is 72.3. The predicted octanol–water partition coefficient (Wildman–Crippen LogP) is 29.3. The van der Waals surface area contributed by atoms with Crippen molar-refractivity contribution in [3.8, 4) is 118 Å². The zero-order valence-electron chi connectivity index (χ0n) is 67.4. The molecule has 26 rings (SSSR count). The van der Waals surface area contributed by atoms with E-state index in [1.165, 1.54) is 97.1 Å². The monoisotopic (exact) mass is 1630 g/mol. The molecule has 0 amide bonds. The minimum absolute atomic E-state index is 0.455. The number of benzene rings is 16. The summed E-state index contributed by atoms with van der Waals surface area (Å²) < 4.78 is 2.25. The standard InChI is InChI=1S/C59H36N4S.C57H35N3S/c1-2-14-39(15-3-1)58-46-35-45-42-16-4-5-17-47(42)59(48-18-6-8-22-56(48)64-57-23-9-7-19-49(57)59)50(45)36-44(46)43-29-28-40(32-53(43)63-58)37-24-26-38(27-25-37)41-33-54(51-20-10-12-30-60-51)62-55(34-41)52-21-11-13-31-61-52;1-3-15-37(16-4-1)55-45-34-44-41-19-7-8-20-46(41)57(47-21-9-13-25-53(47)61-54-26-14-10-22-48(54)57)49(44)35-43(45)42-32-31-39(33-51(42)58-55)36-27-29-38(30-28-36)56-59-50-23-11-12-24-52(50)60(56)40-17-5-2-6-18-40/h1-36H;1-35H. The molecule has 2 aliphatic heterocycles. The third-order valence-electron chi connectivity index (χ3n) is 25.9. The number of imidazole rings is 1. The lowest BCUT2D eigenvalue weighted by Crippen LogP contribution is -2.31. The van der Waals surface area contributed by atoms with E-state index < -0.39 is 10.8 Å². The van der Waals surface area contributed by atoms with Gasteiger partial charge in [-0.15, -0.1) is 0 Å². The minimum atomic E-state index is -0.464. The lowest BCUT2D eigenvalue weighted by molar-refractivity contribution is 0.723. The number of rotatable bonds is 9. The quantitative estimate of drug-likeness (QED) is 0.132. The lowest BCUT2D eigenvalue weighted by atomic mass is 9.67. The fourth-order valence-electron chi connectivity index (χ4n) is 20.4. The minimum Gasteiger partial charge on any atom is -0.292 e. The van der Waals surface area contributed by atoms with E-state index >= 15 is 0 Å². The van der Waals surface area contributed by atoms with Crippen LogP contribution in [-0.2, 0) is 10.8 Å². The highest BCUT2D eigenvalue weighted by molar-refractivity contribution is 7.99. The third-order valence-corrected chi connectivity index (χ3v) is 28.2. The van der Waals surface area contributed by atoms with Crippen molar-refractivity contribution in [2.75, 3.05) is 0 Å². The van der Waals surface area contributed by atoms with E-state index in [4.69, 9.17) is 19.9 Å². The maximum absolute atomic E-state index is 5.54. The van der Waals surface area contributed by atoms with Crippen molar-refractivity contribution in [2.45, 2.75) is 30.4 Å². The van der Waals surface area contributed by atoms with Crippen molar-refractivity contribution < 1.29 is 0 Å². The Morgan fingerprint density at radius 3 is 1.03 bits per heavy atom. The molecule has 9 heteroatoms. The average molecular weight is 1630 g/mol. The van der Waals surface area contributed by atoms with E-state index in [0.717, 1.165) is 139 Å². The number of aromatic nitrogens is 7. The van der Waals surface area contributed by atoms with Gasteiger partial charge >= 0.3 is 0 Å². The van der Waals surface area contributed by atoms with Gasteiger partial charge in [-0.25, -0.2) is 19.9 Å². The van der Waals surface area contributed by atoms with E-state index in [1.54, 1.807) is 12.4 Å². The fourth-order valence-corrected chi connectivity index (χ4v) is 22.8. The summed E-state index contributed by atoms with van der Waals surface area (Å²) in [5.41, 5.74) is 35.1. The second-order valence-corrected chi connectivity index (χ2v) is 34.8. The molecule has 2 spiro atoms. The van der Waals surface area contributed by atoms with Crippen LogP contribution in [0.2, 0.25) is 0 Å². The Morgan fingerprint density at radius 2 is 0.584 bits per heavy atom. The molecule has 0 fully saturated rings. The highest BCUT2D eigenvalue weighted by Crippen LogP contribution is 2.65. The highest BCUT2D eigenvalue weighted by atomic mass is 32.2.